The molecule has 2 aromatic carbocycles. The van der Waals surface area contributed by atoms with Crippen LogP contribution < -0.4 is 0 Å². The fourth-order valence-corrected chi connectivity index (χ4v) is 2.39. The second-order valence-corrected chi connectivity index (χ2v) is 5.75. The minimum atomic E-state index is 0.811. The molecule has 0 saturated carbocycles. The number of hydrogen-bond donors (Lipinski definition) is 0. The van der Waals surface area contributed by atoms with Gasteiger partial charge in [-0.1, -0.05) is 36.4 Å². The number of rotatable bonds is 6. The Morgan fingerprint density at radius 1 is 0.895 bits per heavy atom. The van der Waals surface area contributed by atoms with Crippen LogP contribution in [0.5, 0.6) is 0 Å². The molecule has 2 rings (SSSR count). The van der Waals surface area contributed by atoms with Gasteiger partial charge in [0.25, 0.3) is 0 Å². The topological polar surface area (TPSA) is 9.23 Å². The minimum Gasteiger partial charge on any atom is -0.382 e. The van der Waals surface area contributed by atoms with Crippen LogP contribution in [0, 0.1) is 3.57 Å². The molecular weight excluding hydrogens is 347 g/mol. The monoisotopic (exact) mass is 366 g/mol. The van der Waals surface area contributed by atoms with Crippen molar-refractivity contribution in [2.45, 2.75) is 19.8 Å². The van der Waals surface area contributed by atoms with Gasteiger partial charge in [-0.25, -0.2) is 0 Å². The molecule has 0 saturated heterocycles. The van der Waals surface area contributed by atoms with Gasteiger partial charge >= 0.3 is 0 Å². The molecule has 0 amide bonds. The van der Waals surface area contributed by atoms with Gasteiger partial charge in [0.1, 0.15) is 0 Å². The van der Waals surface area contributed by atoms with Crippen LogP contribution >= 0.6 is 22.6 Å². The van der Waals surface area contributed by atoms with Gasteiger partial charge in [0, 0.05) is 16.8 Å². The Hall–Kier alpha value is -0.870. The highest BCUT2D eigenvalue weighted by atomic mass is 127. The van der Waals surface area contributed by atoms with E-state index in [4.69, 9.17) is 4.74 Å². The smallest absolute Gasteiger partial charge is 0.0469 e. The molecule has 2 aromatic rings. The third-order valence-corrected chi connectivity index (χ3v) is 3.81. The lowest BCUT2D eigenvalue weighted by molar-refractivity contribution is 0.145. The van der Waals surface area contributed by atoms with Gasteiger partial charge in [-0.05, 0) is 71.2 Å². The van der Waals surface area contributed by atoms with Crippen molar-refractivity contribution < 1.29 is 4.74 Å². The predicted molar refractivity (Wildman–Crippen MR) is 89.4 cm³/mol. The summed E-state index contributed by atoms with van der Waals surface area (Å²) in [5.41, 5.74) is 3.94. The van der Waals surface area contributed by atoms with Gasteiger partial charge < -0.3 is 4.74 Å². The summed E-state index contributed by atoms with van der Waals surface area (Å²) in [4.78, 5) is 0. The number of hydrogen-bond acceptors (Lipinski definition) is 1. The first-order valence-electron chi connectivity index (χ1n) is 6.72. The van der Waals surface area contributed by atoms with E-state index >= 15 is 0 Å². The Morgan fingerprint density at radius 3 is 2.05 bits per heavy atom. The summed E-state index contributed by atoms with van der Waals surface area (Å²) in [6.07, 6.45) is 2.18. The Bertz CT molecular complexity index is 488. The van der Waals surface area contributed by atoms with Crippen molar-refractivity contribution in [3.05, 3.63) is 57.7 Å². The van der Waals surface area contributed by atoms with Crippen LogP contribution in [-0.2, 0) is 11.2 Å². The molecular formula is C17H19IO. The fraction of sp³-hybridized carbons (Fsp3) is 0.294. The lowest BCUT2D eigenvalue weighted by Crippen LogP contribution is -1.95. The van der Waals surface area contributed by atoms with E-state index in [9.17, 15) is 0 Å². The van der Waals surface area contributed by atoms with Gasteiger partial charge in [0.15, 0.2) is 0 Å². The number of halogens is 1. The van der Waals surface area contributed by atoms with E-state index in [1.54, 1.807) is 0 Å². The Labute approximate surface area is 129 Å². The summed E-state index contributed by atoms with van der Waals surface area (Å²) in [6.45, 7) is 3.71. The summed E-state index contributed by atoms with van der Waals surface area (Å²) < 4.78 is 6.63. The predicted octanol–water partition coefficient (Wildman–Crippen LogP) is 4.93. The Kier molecular flexibility index (Phi) is 5.86. The molecule has 19 heavy (non-hydrogen) atoms. The van der Waals surface area contributed by atoms with Crippen molar-refractivity contribution in [1.29, 1.82) is 0 Å². The second-order valence-electron chi connectivity index (χ2n) is 4.50. The van der Waals surface area contributed by atoms with Crippen molar-refractivity contribution in [3.63, 3.8) is 0 Å². The highest BCUT2D eigenvalue weighted by Gasteiger charge is 1.98. The molecule has 0 aliphatic heterocycles. The fourth-order valence-electron chi connectivity index (χ4n) is 2.03. The maximum absolute atomic E-state index is 5.36. The van der Waals surface area contributed by atoms with Gasteiger partial charge in [-0.3, -0.25) is 0 Å². The van der Waals surface area contributed by atoms with E-state index in [-0.39, 0.29) is 0 Å². The lowest BCUT2D eigenvalue weighted by Gasteiger charge is -2.05. The molecule has 0 spiro atoms. The van der Waals surface area contributed by atoms with Gasteiger partial charge in [0.05, 0.1) is 0 Å². The third kappa shape index (κ3) is 4.62. The number of ether oxygens (including phenoxy) is 1. The van der Waals surface area contributed by atoms with Crippen LogP contribution in [0.1, 0.15) is 18.9 Å². The van der Waals surface area contributed by atoms with Crippen molar-refractivity contribution >= 4 is 22.6 Å². The van der Waals surface area contributed by atoms with E-state index in [2.05, 4.69) is 71.1 Å². The normalized spacial score (nSPS) is 10.6. The van der Waals surface area contributed by atoms with Gasteiger partial charge in [-0.2, -0.15) is 0 Å². The highest BCUT2D eigenvalue weighted by Crippen LogP contribution is 2.21. The molecule has 100 valence electrons. The maximum atomic E-state index is 5.36. The standard InChI is InChI=1S/C17H19IO/c1-2-19-13-3-4-14-5-7-15(8-6-14)16-9-11-17(18)12-10-16/h5-12H,2-4,13H2,1H3. The second kappa shape index (κ2) is 7.65. The molecule has 0 aromatic heterocycles. The molecule has 1 nitrogen and oxygen atoms in total. The van der Waals surface area contributed by atoms with Crippen molar-refractivity contribution in [2.75, 3.05) is 13.2 Å². The van der Waals surface area contributed by atoms with E-state index in [0.717, 1.165) is 26.1 Å². The van der Waals surface area contributed by atoms with E-state index in [1.807, 2.05) is 6.92 Å². The first-order chi connectivity index (χ1) is 9.29. The van der Waals surface area contributed by atoms with E-state index in [0.29, 0.717) is 0 Å². The highest BCUT2D eigenvalue weighted by molar-refractivity contribution is 14.1. The SMILES string of the molecule is CCOCCCc1ccc(-c2ccc(I)cc2)cc1. The van der Waals surface area contributed by atoms with Gasteiger partial charge in [-0.15, -0.1) is 0 Å². The molecule has 0 aliphatic rings. The molecule has 0 aliphatic carbocycles. The third-order valence-electron chi connectivity index (χ3n) is 3.09. The van der Waals surface area contributed by atoms with Gasteiger partial charge in [0.2, 0.25) is 0 Å². The first-order valence-corrected chi connectivity index (χ1v) is 7.80. The molecule has 2 heteroatoms. The average Bonchev–Trinajstić information content (AvgIpc) is 2.45. The zero-order valence-electron chi connectivity index (χ0n) is 11.2. The summed E-state index contributed by atoms with van der Waals surface area (Å²) >= 11 is 2.33. The molecule has 0 bridgehead atoms. The van der Waals surface area contributed by atoms with Crippen molar-refractivity contribution in [1.82, 2.24) is 0 Å². The minimum absolute atomic E-state index is 0.811. The number of aryl methyl sites for hydroxylation is 1. The van der Waals surface area contributed by atoms with Crippen LogP contribution in [-0.4, -0.2) is 13.2 Å². The zero-order valence-corrected chi connectivity index (χ0v) is 13.4. The summed E-state index contributed by atoms with van der Waals surface area (Å²) in [7, 11) is 0. The van der Waals surface area contributed by atoms with Crippen LogP contribution in [0.4, 0.5) is 0 Å². The molecule has 0 heterocycles. The van der Waals surface area contributed by atoms with Crippen LogP contribution in [0.15, 0.2) is 48.5 Å². The summed E-state index contributed by atoms with van der Waals surface area (Å²) in [6, 6.07) is 17.5. The molecule has 0 fully saturated rings. The maximum Gasteiger partial charge on any atom is 0.0469 e. The number of benzene rings is 2. The Balaban J connectivity index is 1.96. The Morgan fingerprint density at radius 2 is 1.47 bits per heavy atom. The zero-order chi connectivity index (χ0) is 13.5. The van der Waals surface area contributed by atoms with E-state index in [1.165, 1.54) is 20.3 Å². The van der Waals surface area contributed by atoms with E-state index < -0.39 is 0 Å². The summed E-state index contributed by atoms with van der Waals surface area (Å²) in [5.74, 6) is 0. The molecule has 0 N–H and O–H groups in total. The van der Waals surface area contributed by atoms with Crippen molar-refractivity contribution in [2.24, 2.45) is 0 Å². The van der Waals surface area contributed by atoms with Crippen molar-refractivity contribution in [3.8, 4) is 11.1 Å². The molecule has 0 radical (unpaired) electrons. The molecule has 0 unspecified atom stereocenters. The van der Waals surface area contributed by atoms with Crippen LogP contribution in [0.25, 0.3) is 11.1 Å². The van der Waals surface area contributed by atoms with Crippen LogP contribution in [0.3, 0.4) is 0 Å². The quantitative estimate of drug-likeness (QED) is 0.521. The lowest BCUT2D eigenvalue weighted by atomic mass is 10.0. The molecule has 0 atom stereocenters. The average molecular weight is 366 g/mol. The first kappa shape index (κ1) is 14.5. The summed E-state index contributed by atoms with van der Waals surface area (Å²) in [5, 5.41) is 0. The van der Waals surface area contributed by atoms with Crippen LogP contribution in [0.2, 0.25) is 0 Å². The largest absolute Gasteiger partial charge is 0.382 e.